The Morgan fingerprint density at radius 1 is 1.31 bits per heavy atom. The van der Waals surface area contributed by atoms with Gasteiger partial charge in [0.25, 0.3) is 0 Å². The number of rotatable bonds is 8. The Balaban J connectivity index is 1.73. The van der Waals surface area contributed by atoms with Crippen LogP contribution >= 0.6 is 0 Å². The first kappa shape index (κ1) is 25.3. The normalized spacial score (nSPS) is 14.9. The van der Waals surface area contributed by atoms with Crippen LogP contribution in [-0.2, 0) is 10.2 Å². The maximum Gasteiger partial charge on any atom is 0.301 e. The highest BCUT2D eigenvalue weighted by atomic mass is 32.2. The predicted octanol–water partition coefficient (Wildman–Crippen LogP) is 4.16. The van der Waals surface area contributed by atoms with Crippen molar-refractivity contribution in [2.45, 2.75) is 19.8 Å². The lowest BCUT2D eigenvalue weighted by molar-refractivity contribution is 0.103. The number of fused-ring (bicyclic) bond motifs is 1. The van der Waals surface area contributed by atoms with E-state index in [-0.39, 0.29) is 5.56 Å². The van der Waals surface area contributed by atoms with E-state index >= 15 is 4.39 Å². The average molecular weight is 515 g/mol. The van der Waals surface area contributed by atoms with Crippen molar-refractivity contribution in [1.29, 1.82) is 0 Å². The summed E-state index contributed by atoms with van der Waals surface area (Å²) in [5.74, 6) is -2.43. The van der Waals surface area contributed by atoms with Crippen molar-refractivity contribution in [3.05, 3.63) is 65.1 Å². The number of ketones is 1. The molecule has 1 aliphatic carbocycles. The van der Waals surface area contributed by atoms with E-state index in [2.05, 4.69) is 26.7 Å². The van der Waals surface area contributed by atoms with E-state index in [1.54, 1.807) is 18.5 Å². The summed E-state index contributed by atoms with van der Waals surface area (Å²) in [6.45, 7) is 5.36. The van der Waals surface area contributed by atoms with Crippen molar-refractivity contribution in [2.24, 2.45) is 15.9 Å². The topological polar surface area (TPSA) is 120 Å². The molecule has 1 saturated carbocycles. The highest BCUT2D eigenvalue weighted by molar-refractivity contribution is 7.90. The van der Waals surface area contributed by atoms with Crippen molar-refractivity contribution >= 4 is 50.8 Å². The lowest BCUT2D eigenvalue weighted by atomic mass is 10.00. The summed E-state index contributed by atoms with van der Waals surface area (Å²) in [6.07, 6.45) is 6.59. The largest absolute Gasteiger partial charge is 0.345 e. The van der Waals surface area contributed by atoms with Gasteiger partial charge in [-0.05, 0) is 55.8 Å². The number of aromatic nitrogens is 2. The van der Waals surface area contributed by atoms with Crippen LogP contribution in [0.15, 0.2) is 46.8 Å². The van der Waals surface area contributed by atoms with Crippen LogP contribution in [0.25, 0.3) is 16.6 Å². The van der Waals surface area contributed by atoms with Crippen LogP contribution in [0.4, 0.5) is 14.5 Å². The van der Waals surface area contributed by atoms with Gasteiger partial charge in [0.05, 0.1) is 11.3 Å². The predicted molar refractivity (Wildman–Crippen MR) is 135 cm³/mol. The highest BCUT2D eigenvalue weighted by Gasteiger charge is 2.27. The van der Waals surface area contributed by atoms with Crippen molar-refractivity contribution in [3.8, 4) is 0 Å². The first-order valence-corrected chi connectivity index (χ1v) is 12.4. The number of anilines is 1. The average Bonchev–Trinajstić information content (AvgIpc) is 3.58. The second-order valence-electron chi connectivity index (χ2n) is 8.56. The van der Waals surface area contributed by atoms with Gasteiger partial charge in [-0.1, -0.05) is 0 Å². The molecular formula is C24H24F2N6O3S. The fraction of sp³-hybridized carbons (Fsp3) is 0.250. The zero-order chi connectivity index (χ0) is 26.2. The van der Waals surface area contributed by atoms with Crippen LogP contribution in [0.3, 0.4) is 0 Å². The Kier molecular flexibility index (Phi) is 6.83. The van der Waals surface area contributed by atoms with Gasteiger partial charge in [-0.2, -0.15) is 12.7 Å². The Morgan fingerprint density at radius 3 is 2.67 bits per heavy atom. The number of pyridine rings is 1. The molecule has 0 radical (unpaired) electrons. The third-order valence-corrected chi connectivity index (χ3v) is 7.20. The van der Waals surface area contributed by atoms with Crippen LogP contribution in [-0.4, -0.2) is 55.1 Å². The molecule has 2 N–H and O–H groups in total. The number of nitrogens with zero attached hydrogens (tertiary/aromatic N) is 4. The van der Waals surface area contributed by atoms with Gasteiger partial charge in [0, 0.05) is 49.6 Å². The molecule has 3 aromatic rings. The molecule has 9 nitrogen and oxygen atoms in total. The maximum absolute atomic E-state index is 15.2. The Morgan fingerprint density at radius 2 is 2.03 bits per heavy atom. The summed E-state index contributed by atoms with van der Waals surface area (Å²) < 4.78 is 56.9. The Labute approximate surface area is 206 Å². The molecule has 0 amide bonds. The van der Waals surface area contributed by atoms with Gasteiger partial charge in [0.15, 0.2) is 5.82 Å². The smallest absolute Gasteiger partial charge is 0.301 e. The summed E-state index contributed by atoms with van der Waals surface area (Å²) >= 11 is 0. The molecule has 4 rings (SSSR count). The molecule has 0 unspecified atom stereocenters. The van der Waals surface area contributed by atoms with E-state index in [4.69, 9.17) is 0 Å². The number of hydrogen-bond donors (Lipinski definition) is 2. The molecule has 0 spiro atoms. The third kappa shape index (κ3) is 4.95. The van der Waals surface area contributed by atoms with Crippen LogP contribution in [0, 0.1) is 17.6 Å². The number of carbonyl (C=O) groups is 1. The van der Waals surface area contributed by atoms with Crippen molar-refractivity contribution in [1.82, 2.24) is 14.3 Å². The Hall–Kier alpha value is -3.77. The van der Waals surface area contributed by atoms with Crippen LogP contribution in [0.1, 0.15) is 41.3 Å². The molecule has 1 aliphatic rings. The molecule has 0 atom stereocenters. The number of hydrogen-bond acceptors (Lipinski definition) is 5. The molecule has 12 heteroatoms. The number of H-pyrrole nitrogens is 1. The number of benzene rings is 1. The second kappa shape index (κ2) is 9.70. The van der Waals surface area contributed by atoms with E-state index in [0.717, 1.165) is 34.9 Å². The SMILES string of the molecule is C=NC(=N/C=C(\C)c1cnc2[nH]cc(C(=O)c3c(F)ccc(NS(=O)(=O)N(C)C)c3F)c2c1)C1CC1. The van der Waals surface area contributed by atoms with Crippen molar-refractivity contribution in [3.63, 3.8) is 0 Å². The fourth-order valence-corrected chi connectivity index (χ4v) is 4.08. The first-order valence-electron chi connectivity index (χ1n) is 10.9. The molecule has 188 valence electrons. The molecule has 2 heterocycles. The molecule has 0 aliphatic heterocycles. The highest BCUT2D eigenvalue weighted by Crippen LogP contribution is 2.32. The monoisotopic (exact) mass is 514 g/mol. The second-order valence-corrected chi connectivity index (χ2v) is 10.4. The van der Waals surface area contributed by atoms with Crippen molar-refractivity contribution < 1.29 is 22.0 Å². The van der Waals surface area contributed by atoms with E-state index in [9.17, 15) is 17.6 Å². The summed E-state index contributed by atoms with van der Waals surface area (Å²) in [5.41, 5.74) is 0.271. The fourth-order valence-electron chi connectivity index (χ4n) is 3.47. The zero-order valence-corrected chi connectivity index (χ0v) is 20.7. The van der Waals surface area contributed by atoms with Gasteiger partial charge in [-0.3, -0.25) is 9.52 Å². The molecule has 1 fully saturated rings. The summed E-state index contributed by atoms with van der Waals surface area (Å²) in [7, 11) is -1.59. The number of allylic oxidation sites excluding steroid dienone is 1. The zero-order valence-electron chi connectivity index (χ0n) is 19.8. The van der Waals surface area contributed by atoms with Gasteiger partial charge < -0.3 is 4.98 Å². The maximum atomic E-state index is 15.2. The minimum Gasteiger partial charge on any atom is -0.345 e. The van der Waals surface area contributed by atoms with Crippen LogP contribution < -0.4 is 4.72 Å². The standard InChI is InChI=1S/C24H24F2N6O3S/c1-13(10-28-23(27-2)14-5-6-14)15-9-16-17(12-30-24(16)29-11-15)22(33)20-18(25)7-8-19(21(20)26)31-36(34,35)32(3)4/h7-12,14,31H,2,5-6H2,1,3-4H3,(H,29,30)/b13-10+,28-23?. The first-order chi connectivity index (χ1) is 17.0. The van der Waals surface area contributed by atoms with Gasteiger partial charge in [-0.15, -0.1) is 0 Å². The van der Waals surface area contributed by atoms with Gasteiger partial charge >= 0.3 is 10.2 Å². The molecular weight excluding hydrogens is 490 g/mol. The molecule has 0 saturated heterocycles. The van der Waals surface area contributed by atoms with E-state index in [1.807, 2.05) is 11.6 Å². The summed E-state index contributed by atoms with van der Waals surface area (Å²) in [6, 6.07) is 3.42. The lowest BCUT2D eigenvalue weighted by Crippen LogP contribution is -2.29. The number of halogens is 2. The number of carbonyl (C=O) groups excluding carboxylic acids is 1. The van der Waals surface area contributed by atoms with E-state index < -0.39 is 38.9 Å². The quantitative estimate of drug-likeness (QED) is 0.266. The van der Waals surface area contributed by atoms with E-state index in [0.29, 0.717) is 28.4 Å². The van der Waals surface area contributed by atoms with Crippen LogP contribution in [0.5, 0.6) is 0 Å². The molecule has 2 aromatic heterocycles. The minimum absolute atomic E-state index is 0.0208. The van der Waals surface area contributed by atoms with E-state index in [1.165, 1.54) is 20.3 Å². The van der Waals surface area contributed by atoms with Gasteiger partial charge in [-0.25, -0.2) is 23.7 Å². The number of amidine groups is 1. The number of aliphatic imine (C=N–C) groups is 2. The summed E-state index contributed by atoms with van der Waals surface area (Å²) in [4.78, 5) is 28.7. The van der Waals surface area contributed by atoms with Gasteiger partial charge in [0.1, 0.15) is 17.3 Å². The minimum atomic E-state index is -4.08. The Bertz CT molecular complexity index is 1540. The lowest BCUT2D eigenvalue weighted by Gasteiger charge is -2.15. The molecule has 0 bridgehead atoms. The van der Waals surface area contributed by atoms with Crippen molar-refractivity contribution in [2.75, 3.05) is 18.8 Å². The molecule has 36 heavy (non-hydrogen) atoms. The summed E-state index contributed by atoms with van der Waals surface area (Å²) in [5, 5.41) is 0.344. The van der Waals surface area contributed by atoms with Crippen LogP contribution in [0.2, 0.25) is 0 Å². The van der Waals surface area contributed by atoms with Gasteiger partial charge in [0.2, 0.25) is 5.78 Å². The third-order valence-electron chi connectivity index (χ3n) is 5.76. The number of aromatic amines is 1. The number of nitrogens with one attached hydrogen (secondary N) is 2. The molecule has 1 aromatic carbocycles.